The summed E-state index contributed by atoms with van der Waals surface area (Å²) >= 11 is 0. The third kappa shape index (κ3) is 4.85. The van der Waals surface area contributed by atoms with Crippen molar-refractivity contribution in [3.63, 3.8) is 0 Å². The maximum absolute atomic E-state index is 5.91. The van der Waals surface area contributed by atoms with Crippen molar-refractivity contribution in [2.24, 2.45) is 10.7 Å². The van der Waals surface area contributed by atoms with E-state index in [1.807, 2.05) is 6.92 Å². The quantitative estimate of drug-likeness (QED) is 0.619. The highest BCUT2D eigenvalue weighted by atomic mass is 16.5. The average Bonchev–Trinajstić information content (AvgIpc) is 2.37. The maximum atomic E-state index is 5.91. The number of guanidine groups is 1. The normalized spacial score (nSPS) is 14.2. The molecule has 3 N–H and O–H groups in total. The topological polar surface area (TPSA) is 59.6 Å². The van der Waals surface area contributed by atoms with Crippen molar-refractivity contribution in [2.45, 2.75) is 39.2 Å². The van der Waals surface area contributed by atoms with E-state index in [9.17, 15) is 0 Å². The highest BCUT2D eigenvalue weighted by Crippen LogP contribution is 2.26. The molecule has 0 saturated heterocycles. The van der Waals surface area contributed by atoms with Crippen LogP contribution in [0.4, 0.5) is 0 Å². The van der Waals surface area contributed by atoms with E-state index in [0.717, 1.165) is 0 Å². The number of aryl methyl sites for hydroxylation is 1. The second kappa shape index (κ2) is 7.29. The molecule has 1 aromatic rings. The van der Waals surface area contributed by atoms with E-state index in [4.69, 9.17) is 10.5 Å². The summed E-state index contributed by atoms with van der Waals surface area (Å²) in [6, 6.07) is 8.56. The number of aliphatic imine (C=N–C) groups is 1. The highest BCUT2D eigenvalue weighted by molar-refractivity contribution is 5.78. The summed E-state index contributed by atoms with van der Waals surface area (Å²) in [5.74, 6) is 0.469. The SMILES string of the molecule is COCC(C)NC(N)=NCC(C)(C)c1ccccc1C. The van der Waals surface area contributed by atoms with Crippen LogP contribution < -0.4 is 11.1 Å². The Morgan fingerprint density at radius 2 is 2.05 bits per heavy atom. The standard InChI is InChI=1S/C16H27N3O/c1-12-8-6-7-9-14(12)16(3,4)11-18-15(17)19-13(2)10-20-5/h6-9,13H,10-11H2,1-5H3,(H3,17,18,19). The van der Waals surface area contributed by atoms with Gasteiger partial charge in [0.1, 0.15) is 0 Å². The number of methoxy groups -OCH3 is 1. The van der Waals surface area contributed by atoms with Crippen molar-refractivity contribution in [1.82, 2.24) is 5.32 Å². The number of nitrogens with zero attached hydrogens (tertiary/aromatic N) is 1. The summed E-state index contributed by atoms with van der Waals surface area (Å²) in [4.78, 5) is 4.46. The Morgan fingerprint density at radius 3 is 2.65 bits per heavy atom. The molecule has 0 heterocycles. The first-order chi connectivity index (χ1) is 9.36. The van der Waals surface area contributed by atoms with Crippen molar-refractivity contribution in [1.29, 1.82) is 0 Å². The van der Waals surface area contributed by atoms with Crippen LogP contribution in [-0.4, -0.2) is 32.3 Å². The molecule has 112 valence electrons. The third-order valence-electron chi connectivity index (χ3n) is 3.33. The molecule has 0 bridgehead atoms. The molecule has 0 saturated carbocycles. The monoisotopic (exact) mass is 277 g/mol. The maximum Gasteiger partial charge on any atom is 0.188 e. The largest absolute Gasteiger partial charge is 0.383 e. The molecule has 1 rings (SSSR count). The number of ether oxygens (including phenoxy) is 1. The van der Waals surface area contributed by atoms with Crippen LogP contribution in [0.5, 0.6) is 0 Å². The molecule has 4 nitrogen and oxygen atoms in total. The van der Waals surface area contributed by atoms with Crippen molar-refractivity contribution < 1.29 is 4.74 Å². The lowest BCUT2D eigenvalue weighted by Gasteiger charge is -2.25. The molecule has 1 aromatic carbocycles. The first-order valence-electron chi connectivity index (χ1n) is 6.98. The summed E-state index contributed by atoms with van der Waals surface area (Å²) in [7, 11) is 1.67. The van der Waals surface area contributed by atoms with E-state index in [0.29, 0.717) is 19.1 Å². The number of nitrogens with two attached hydrogens (primary N) is 1. The Balaban J connectivity index is 2.69. The van der Waals surface area contributed by atoms with E-state index in [2.05, 4.69) is 55.3 Å². The fraction of sp³-hybridized carbons (Fsp3) is 0.562. The van der Waals surface area contributed by atoms with Gasteiger partial charge in [0.25, 0.3) is 0 Å². The predicted octanol–water partition coefficient (Wildman–Crippen LogP) is 2.21. The van der Waals surface area contributed by atoms with Gasteiger partial charge in [0.15, 0.2) is 5.96 Å². The number of benzene rings is 1. The van der Waals surface area contributed by atoms with Crippen LogP contribution in [0.1, 0.15) is 31.9 Å². The Hall–Kier alpha value is -1.55. The van der Waals surface area contributed by atoms with Crippen LogP contribution in [0.25, 0.3) is 0 Å². The third-order valence-corrected chi connectivity index (χ3v) is 3.33. The van der Waals surface area contributed by atoms with Crippen molar-refractivity contribution in [3.05, 3.63) is 35.4 Å². The zero-order valence-electron chi connectivity index (χ0n) is 13.2. The van der Waals surface area contributed by atoms with Gasteiger partial charge in [-0.2, -0.15) is 0 Å². The Kier molecular flexibility index (Phi) is 6.02. The number of nitrogens with one attached hydrogen (secondary N) is 1. The van der Waals surface area contributed by atoms with Gasteiger partial charge in [0.2, 0.25) is 0 Å². The lowest BCUT2D eigenvalue weighted by Crippen LogP contribution is -2.41. The van der Waals surface area contributed by atoms with Gasteiger partial charge in [0.05, 0.1) is 13.2 Å². The molecule has 0 radical (unpaired) electrons. The molecule has 1 unspecified atom stereocenters. The molecule has 4 heteroatoms. The highest BCUT2D eigenvalue weighted by Gasteiger charge is 2.21. The van der Waals surface area contributed by atoms with E-state index < -0.39 is 0 Å². The molecular weight excluding hydrogens is 250 g/mol. The van der Waals surface area contributed by atoms with Gasteiger partial charge in [0, 0.05) is 18.6 Å². The zero-order chi connectivity index (χ0) is 15.2. The predicted molar refractivity (Wildman–Crippen MR) is 85.2 cm³/mol. The van der Waals surface area contributed by atoms with Crippen LogP contribution in [0.2, 0.25) is 0 Å². The lowest BCUT2D eigenvalue weighted by atomic mass is 9.82. The van der Waals surface area contributed by atoms with Gasteiger partial charge >= 0.3 is 0 Å². The van der Waals surface area contributed by atoms with Gasteiger partial charge in [-0.3, -0.25) is 4.99 Å². The van der Waals surface area contributed by atoms with Gasteiger partial charge in [-0.1, -0.05) is 38.1 Å². The molecule has 0 fully saturated rings. The minimum atomic E-state index is -0.0395. The molecule has 0 aliphatic carbocycles. The van der Waals surface area contributed by atoms with Crippen LogP contribution in [0.15, 0.2) is 29.3 Å². The van der Waals surface area contributed by atoms with Gasteiger partial charge in [-0.05, 0) is 25.0 Å². The van der Waals surface area contributed by atoms with E-state index >= 15 is 0 Å². The molecule has 0 aromatic heterocycles. The number of hydrogen-bond donors (Lipinski definition) is 2. The van der Waals surface area contributed by atoms with Crippen LogP contribution in [-0.2, 0) is 10.2 Å². The molecule has 0 amide bonds. The number of hydrogen-bond acceptors (Lipinski definition) is 2. The summed E-state index contributed by atoms with van der Waals surface area (Å²) < 4.78 is 5.06. The first-order valence-corrected chi connectivity index (χ1v) is 6.98. The van der Waals surface area contributed by atoms with Gasteiger partial charge in [-0.25, -0.2) is 0 Å². The smallest absolute Gasteiger partial charge is 0.188 e. The molecule has 0 spiro atoms. The van der Waals surface area contributed by atoms with Crippen LogP contribution in [0.3, 0.4) is 0 Å². The summed E-state index contributed by atoms with van der Waals surface area (Å²) in [5, 5.41) is 3.12. The van der Waals surface area contributed by atoms with E-state index in [1.54, 1.807) is 7.11 Å². The summed E-state index contributed by atoms with van der Waals surface area (Å²) in [6.45, 7) is 9.77. The average molecular weight is 277 g/mol. The molecule has 0 aliphatic rings. The minimum absolute atomic E-state index is 0.0395. The van der Waals surface area contributed by atoms with E-state index in [-0.39, 0.29) is 11.5 Å². The second-order valence-electron chi connectivity index (χ2n) is 5.90. The van der Waals surface area contributed by atoms with Gasteiger partial charge < -0.3 is 15.8 Å². The van der Waals surface area contributed by atoms with Crippen molar-refractivity contribution in [2.75, 3.05) is 20.3 Å². The molecule has 20 heavy (non-hydrogen) atoms. The fourth-order valence-corrected chi connectivity index (χ4v) is 2.29. The van der Waals surface area contributed by atoms with E-state index in [1.165, 1.54) is 11.1 Å². The minimum Gasteiger partial charge on any atom is -0.383 e. The Labute approximate surface area is 122 Å². The Bertz CT molecular complexity index is 455. The van der Waals surface area contributed by atoms with Crippen molar-refractivity contribution >= 4 is 5.96 Å². The zero-order valence-corrected chi connectivity index (χ0v) is 13.2. The lowest BCUT2D eigenvalue weighted by molar-refractivity contribution is 0.179. The first kappa shape index (κ1) is 16.5. The fourth-order valence-electron chi connectivity index (χ4n) is 2.29. The van der Waals surface area contributed by atoms with Crippen LogP contribution in [0, 0.1) is 6.92 Å². The molecular formula is C16H27N3O. The summed E-state index contributed by atoms with van der Waals surface area (Å²) in [6.07, 6.45) is 0. The Morgan fingerprint density at radius 1 is 1.40 bits per heavy atom. The molecule has 0 aliphatic heterocycles. The number of rotatable bonds is 6. The van der Waals surface area contributed by atoms with Gasteiger partial charge in [-0.15, -0.1) is 0 Å². The summed E-state index contributed by atoms with van der Waals surface area (Å²) in [5.41, 5.74) is 8.46. The van der Waals surface area contributed by atoms with Crippen LogP contribution >= 0.6 is 0 Å². The molecule has 1 atom stereocenters. The van der Waals surface area contributed by atoms with Crippen molar-refractivity contribution in [3.8, 4) is 0 Å². The second-order valence-corrected chi connectivity index (χ2v) is 5.90.